The highest BCUT2D eigenvalue weighted by Gasteiger charge is 2.27. The summed E-state index contributed by atoms with van der Waals surface area (Å²) in [6.07, 6.45) is 2.48. The Morgan fingerprint density at radius 1 is 1.25 bits per heavy atom. The number of benzene rings is 1. The second-order valence-electron chi connectivity index (χ2n) is 6.94. The summed E-state index contributed by atoms with van der Waals surface area (Å²) in [5.41, 5.74) is 7.34. The second kappa shape index (κ2) is 8.33. The van der Waals surface area contributed by atoms with Gasteiger partial charge in [0, 0.05) is 25.3 Å². The van der Waals surface area contributed by atoms with Crippen molar-refractivity contribution < 1.29 is 4.79 Å². The number of H-pyrrole nitrogens is 1. The average Bonchev–Trinajstić information content (AvgIpc) is 3.11. The Morgan fingerprint density at radius 3 is 2.71 bits per heavy atom. The van der Waals surface area contributed by atoms with Gasteiger partial charge in [-0.3, -0.25) is 19.1 Å². The van der Waals surface area contributed by atoms with E-state index < -0.39 is 11.2 Å². The fourth-order valence-electron chi connectivity index (χ4n) is 3.62. The maximum Gasteiger partial charge on any atom is 0.330 e. The van der Waals surface area contributed by atoms with Crippen LogP contribution in [0.5, 0.6) is 0 Å². The van der Waals surface area contributed by atoms with Crippen molar-refractivity contribution in [2.75, 3.05) is 35.2 Å². The molecule has 0 radical (unpaired) electrons. The van der Waals surface area contributed by atoms with Crippen LogP contribution >= 0.6 is 0 Å². The molecule has 28 heavy (non-hydrogen) atoms. The minimum Gasteiger partial charge on any atom is -0.383 e. The number of aromatic amines is 1. The molecule has 3 N–H and O–H groups in total. The number of nitrogens with one attached hydrogen (secondary N) is 1. The lowest BCUT2D eigenvalue weighted by Gasteiger charge is -2.27. The maximum atomic E-state index is 13.0. The molecule has 1 aromatic heterocycles. The van der Waals surface area contributed by atoms with Crippen molar-refractivity contribution in [1.29, 1.82) is 0 Å². The van der Waals surface area contributed by atoms with E-state index in [1.54, 1.807) is 9.80 Å². The average molecular weight is 385 g/mol. The van der Waals surface area contributed by atoms with Crippen LogP contribution in [0.2, 0.25) is 0 Å². The van der Waals surface area contributed by atoms with Crippen molar-refractivity contribution in [2.45, 2.75) is 39.7 Å². The zero-order chi connectivity index (χ0) is 20.3. The molecule has 0 unspecified atom stereocenters. The normalized spacial score (nSPS) is 12.9. The zero-order valence-electron chi connectivity index (χ0n) is 16.4. The predicted octanol–water partition coefficient (Wildman–Crippen LogP) is 1.33. The molecule has 1 aliphatic heterocycles. The molecule has 8 heteroatoms. The molecular weight excluding hydrogens is 358 g/mol. The first-order chi connectivity index (χ1) is 13.5. The minimum absolute atomic E-state index is 0.0180. The summed E-state index contributed by atoms with van der Waals surface area (Å²) in [4.78, 5) is 43.3. The van der Waals surface area contributed by atoms with Crippen molar-refractivity contribution in [1.82, 2.24) is 9.55 Å². The topological polar surface area (TPSA) is 104 Å². The first-order valence-electron chi connectivity index (χ1n) is 9.73. The SMILES string of the molecule is CCCCn1c(N)c(N(CC)CC(=O)N2CCc3ccccc32)c(=O)[nH]c1=O. The van der Waals surface area contributed by atoms with Crippen molar-refractivity contribution in [3.8, 4) is 0 Å². The summed E-state index contributed by atoms with van der Waals surface area (Å²) in [6.45, 7) is 5.35. The van der Waals surface area contributed by atoms with Gasteiger partial charge in [-0.2, -0.15) is 0 Å². The van der Waals surface area contributed by atoms with E-state index in [1.807, 2.05) is 38.1 Å². The van der Waals surface area contributed by atoms with Crippen LogP contribution in [-0.2, 0) is 17.8 Å². The molecule has 0 bridgehead atoms. The number of carbonyl (C=O) groups is 1. The zero-order valence-corrected chi connectivity index (χ0v) is 16.4. The predicted molar refractivity (Wildman–Crippen MR) is 111 cm³/mol. The van der Waals surface area contributed by atoms with Gasteiger partial charge in [-0.15, -0.1) is 0 Å². The molecule has 0 aliphatic carbocycles. The molecule has 1 aromatic carbocycles. The van der Waals surface area contributed by atoms with Crippen LogP contribution in [0, 0.1) is 0 Å². The molecule has 0 spiro atoms. The van der Waals surface area contributed by atoms with Crippen LogP contribution in [0.15, 0.2) is 33.9 Å². The van der Waals surface area contributed by atoms with Gasteiger partial charge in [-0.1, -0.05) is 31.5 Å². The molecule has 8 nitrogen and oxygen atoms in total. The molecule has 2 heterocycles. The Kier molecular flexibility index (Phi) is 5.87. The fourth-order valence-corrected chi connectivity index (χ4v) is 3.62. The van der Waals surface area contributed by atoms with Crippen LogP contribution in [0.4, 0.5) is 17.2 Å². The highest BCUT2D eigenvalue weighted by molar-refractivity contribution is 5.98. The summed E-state index contributed by atoms with van der Waals surface area (Å²) in [6, 6.07) is 7.83. The number of carbonyl (C=O) groups excluding carboxylic acids is 1. The molecular formula is C20H27N5O3. The van der Waals surface area contributed by atoms with Gasteiger partial charge in [-0.25, -0.2) is 4.79 Å². The number of aromatic nitrogens is 2. The van der Waals surface area contributed by atoms with Gasteiger partial charge in [0.15, 0.2) is 0 Å². The Labute approximate surface area is 163 Å². The molecule has 1 aliphatic rings. The number of hydrogen-bond acceptors (Lipinski definition) is 5. The lowest BCUT2D eigenvalue weighted by atomic mass is 10.2. The third-order valence-corrected chi connectivity index (χ3v) is 5.16. The molecule has 1 amide bonds. The number of likely N-dealkylation sites (N-methyl/N-ethyl adjacent to an activating group) is 1. The van der Waals surface area contributed by atoms with Crippen LogP contribution in [0.25, 0.3) is 0 Å². The highest BCUT2D eigenvalue weighted by Crippen LogP contribution is 2.28. The second-order valence-corrected chi connectivity index (χ2v) is 6.94. The minimum atomic E-state index is -0.563. The number of hydrogen-bond donors (Lipinski definition) is 2. The Hall–Kier alpha value is -3.03. The third kappa shape index (κ3) is 3.67. The monoisotopic (exact) mass is 385 g/mol. The first kappa shape index (κ1) is 19.7. The number of nitrogen functional groups attached to an aromatic ring is 1. The maximum absolute atomic E-state index is 13.0. The van der Waals surface area contributed by atoms with Crippen molar-refractivity contribution in [2.24, 2.45) is 0 Å². The van der Waals surface area contributed by atoms with Crippen LogP contribution in [0.3, 0.4) is 0 Å². The summed E-state index contributed by atoms with van der Waals surface area (Å²) >= 11 is 0. The molecule has 150 valence electrons. The summed E-state index contributed by atoms with van der Waals surface area (Å²) in [5.74, 6) is 0.00980. The van der Waals surface area contributed by atoms with Crippen molar-refractivity contribution >= 4 is 23.1 Å². The smallest absolute Gasteiger partial charge is 0.330 e. The molecule has 2 aromatic rings. The van der Waals surface area contributed by atoms with Gasteiger partial charge in [0.05, 0.1) is 6.54 Å². The summed E-state index contributed by atoms with van der Waals surface area (Å²) in [7, 11) is 0. The van der Waals surface area contributed by atoms with E-state index in [9.17, 15) is 14.4 Å². The van der Waals surface area contributed by atoms with Crippen LogP contribution < -0.4 is 26.8 Å². The van der Waals surface area contributed by atoms with E-state index in [2.05, 4.69) is 4.98 Å². The lowest BCUT2D eigenvalue weighted by molar-refractivity contribution is -0.117. The Balaban J connectivity index is 1.89. The number of nitrogens with zero attached hydrogens (tertiary/aromatic N) is 3. The Morgan fingerprint density at radius 2 is 2.00 bits per heavy atom. The number of nitrogens with two attached hydrogens (primary N) is 1. The van der Waals surface area contributed by atoms with E-state index in [4.69, 9.17) is 5.73 Å². The molecule has 0 saturated heterocycles. The molecule has 3 rings (SSSR count). The van der Waals surface area contributed by atoms with Crippen LogP contribution in [0.1, 0.15) is 32.3 Å². The first-order valence-corrected chi connectivity index (χ1v) is 9.73. The van der Waals surface area contributed by atoms with Gasteiger partial charge in [0.25, 0.3) is 5.56 Å². The van der Waals surface area contributed by atoms with E-state index >= 15 is 0 Å². The van der Waals surface area contributed by atoms with Gasteiger partial charge in [0.1, 0.15) is 11.5 Å². The van der Waals surface area contributed by atoms with E-state index in [-0.39, 0.29) is 24.0 Å². The lowest BCUT2D eigenvalue weighted by Crippen LogP contribution is -2.44. The van der Waals surface area contributed by atoms with Gasteiger partial charge in [-0.05, 0) is 31.4 Å². The number of para-hydroxylation sites is 1. The van der Waals surface area contributed by atoms with Crippen molar-refractivity contribution in [3.05, 3.63) is 50.7 Å². The highest BCUT2D eigenvalue weighted by atomic mass is 16.2. The third-order valence-electron chi connectivity index (χ3n) is 5.16. The van der Waals surface area contributed by atoms with Gasteiger partial charge in [0.2, 0.25) is 5.91 Å². The quantitative estimate of drug-likeness (QED) is 0.748. The van der Waals surface area contributed by atoms with E-state index in [0.29, 0.717) is 19.6 Å². The number of unbranched alkanes of at least 4 members (excludes halogenated alkanes) is 1. The Bertz CT molecular complexity index is 979. The summed E-state index contributed by atoms with van der Waals surface area (Å²) in [5, 5.41) is 0. The van der Waals surface area contributed by atoms with E-state index in [0.717, 1.165) is 30.5 Å². The van der Waals surface area contributed by atoms with Crippen LogP contribution in [-0.4, -0.2) is 35.1 Å². The number of amides is 1. The summed E-state index contributed by atoms with van der Waals surface area (Å²) < 4.78 is 1.37. The van der Waals surface area contributed by atoms with E-state index in [1.165, 1.54) is 4.57 Å². The molecule has 0 atom stereocenters. The number of rotatable bonds is 7. The number of fused-ring (bicyclic) bond motifs is 1. The fraction of sp³-hybridized carbons (Fsp3) is 0.450. The van der Waals surface area contributed by atoms with Crippen molar-refractivity contribution in [3.63, 3.8) is 0 Å². The molecule has 0 saturated carbocycles. The van der Waals surface area contributed by atoms with Gasteiger partial charge >= 0.3 is 5.69 Å². The largest absolute Gasteiger partial charge is 0.383 e. The molecule has 0 fully saturated rings. The van der Waals surface area contributed by atoms with Gasteiger partial charge < -0.3 is 15.5 Å². The number of anilines is 3. The standard InChI is InChI=1S/C20H27N5O3/c1-3-5-11-25-18(21)17(19(27)22-20(25)28)23(4-2)13-16(26)24-12-10-14-8-6-7-9-15(14)24/h6-9H,3-5,10-13,21H2,1-2H3,(H,22,27,28).